The summed E-state index contributed by atoms with van der Waals surface area (Å²) < 4.78 is 56.7. The summed E-state index contributed by atoms with van der Waals surface area (Å²) >= 11 is 0. The van der Waals surface area contributed by atoms with Crippen LogP contribution in [0.25, 0.3) is 11.3 Å². The van der Waals surface area contributed by atoms with E-state index in [0.717, 1.165) is 18.2 Å². The molecule has 234 valence electrons. The van der Waals surface area contributed by atoms with Gasteiger partial charge in [-0.3, -0.25) is 19.2 Å². The predicted molar refractivity (Wildman–Crippen MR) is 162 cm³/mol. The van der Waals surface area contributed by atoms with Crippen LogP contribution in [0.15, 0.2) is 77.6 Å². The fraction of sp³-hybridized carbons (Fsp3) is 0.212. The first kappa shape index (κ1) is 32.8. The molecule has 0 aliphatic rings. The van der Waals surface area contributed by atoms with Gasteiger partial charge in [0.05, 0.1) is 23.8 Å². The predicted octanol–water partition coefficient (Wildman–Crippen LogP) is 5.17. The molecule has 0 fully saturated rings. The van der Waals surface area contributed by atoms with E-state index in [0.29, 0.717) is 17.2 Å². The van der Waals surface area contributed by atoms with E-state index in [1.165, 1.54) is 41.9 Å². The summed E-state index contributed by atoms with van der Waals surface area (Å²) in [7, 11) is 3.02. The summed E-state index contributed by atoms with van der Waals surface area (Å²) in [6.45, 7) is 2.89. The van der Waals surface area contributed by atoms with Gasteiger partial charge in [-0.25, -0.2) is 4.39 Å². The number of carbonyl (C=O) groups is 3. The standard InChI is InChI=1S/C33H30F4N4O4/c1-18-5-6-22(31(44)39-4)16-26(18)28-12-11-27(40-30(43)19(2)38-3)32(45)41(28)17-20-13-23(15-24(14-20)33(35,36)37)29(42)21-7-9-25(34)10-8-21/h5-16,19,38H,17H2,1-4H3,(H,39,44)(H,40,43). The maximum Gasteiger partial charge on any atom is 0.416 e. The Hall–Kier alpha value is -5.10. The molecule has 12 heteroatoms. The van der Waals surface area contributed by atoms with Crippen LogP contribution in [0, 0.1) is 12.7 Å². The maximum atomic E-state index is 14.0. The zero-order valence-corrected chi connectivity index (χ0v) is 24.8. The molecule has 8 nitrogen and oxygen atoms in total. The Labute approximate surface area is 256 Å². The molecule has 1 heterocycles. The van der Waals surface area contributed by atoms with E-state index in [-0.39, 0.29) is 33.6 Å². The topological polar surface area (TPSA) is 109 Å². The summed E-state index contributed by atoms with van der Waals surface area (Å²) in [4.78, 5) is 52.1. The van der Waals surface area contributed by atoms with Gasteiger partial charge in [0, 0.05) is 29.3 Å². The van der Waals surface area contributed by atoms with Gasteiger partial charge < -0.3 is 20.5 Å². The number of nitrogens with one attached hydrogen (secondary N) is 3. The lowest BCUT2D eigenvalue weighted by Crippen LogP contribution is -2.37. The fourth-order valence-corrected chi connectivity index (χ4v) is 4.65. The van der Waals surface area contributed by atoms with Crippen molar-refractivity contribution < 1.29 is 31.9 Å². The number of alkyl halides is 3. The minimum absolute atomic E-state index is 0.0236. The summed E-state index contributed by atoms with van der Waals surface area (Å²) in [6, 6.07) is 14.2. The van der Waals surface area contributed by atoms with Crippen molar-refractivity contribution in [3.63, 3.8) is 0 Å². The third kappa shape index (κ3) is 7.35. The number of aryl methyl sites for hydroxylation is 1. The second-order valence-corrected chi connectivity index (χ2v) is 10.4. The highest BCUT2D eigenvalue weighted by atomic mass is 19.4. The number of amides is 2. The number of likely N-dealkylation sites (N-methyl/N-ethyl adjacent to an activating group) is 1. The van der Waals surface area contributed by atoms with Crippen LogP contribution in [0.4, 0.5) is 23.2 Å². The average molecular weight is 623 g/mol. The van der Waals surface area contributed by atoms with Crippen molar-refractivity contribution in [2.24, 2.45) is 0 Å². The molecule has 4 rings (SSSR count). The minimum Gasteiger partial charge on any atom is -0.355 e. The van der Waals surface area contributed by atoms with Gasteiger partial charge in [0.15, 0.2) is 5.78 Å². The molecule has 0 spiro atoms. The van der Waals surface area contributed by atoms with Gasteiger partial charge >= 0.3 is 6.18 Å². The van der Waals surface area contributed by atoms with Crippen LogP contribution in [0.1, 0.15) is 49.9 Å². The Morgan fingerprint density at radius 3 is 2.16 bits per heavy atom. The number of nitrogens with zero attached hydrogens (tertiary/aromatic N) is 1. The molecule has 45 heavy (non-hydrogen) atoms. The van der Waals surface area contributed by atoms with Crippen LogP contribution in [-0.4, -0.2) is 42.3 Å². The van der Waals surface area contributed by atoms with E-state index in [2.05, 4.69) is 16.0 Å². The Bertz CT molecular complexity index is 1830. The number of rotatable bonds is 9. The highest BCUT2D eigenvalue weighted by Crippen LogP contribution is 2.32. The first-order valence-corrected chi connectivity index (χ1v) is 13.8. The van der Waals surface area contributed by atoms with Crippen LogP contribution in [-0.2, 0) is 17.5 Å². The van der Waals surface area contributed by atoms with E-state index in [1.54, 1.807) is 39.1 Å². The monoisotopic (exact) mass is 622 g/mol. The Morgan fingerprint density at radius 2 is 1.53 bits per heavy atom. The summed E-state index contributed by atoms with van der Waals surface area (Å²) in [6.07, 6.45) is -4.83. The van der Waals surface area contributed by atoms with E-state index >= 15 is 0 Å². The minimum atomic E-state index is -4.83. The van der Waals surface area contributed by atoms with Gasteiger partial charge in [0.25, 0.3) is 11.5 Å². The second-order valence-electron chi connectivity index (χ2n) is 10.4. The van der Waals surface area contributed by atoms with Crippen molar-refractivity contribution in [1.29, 1.82) is 0 Å². The van der Waals surface area contributed by atoms with E-state index in [1.807, 2.05) is 0 Å². The molecule has 2 amide bonds. The van der Waals surface area contributed by atoms with Gasteiger partial charge in [-0.15, -0.1) is 0 Å². The Morgan fingerprint density at radius 1 is 0.867 bits per heavy atom. The van der Waals surface area contributed by atoms with Crippen molar-refractivity contribution >= 4 is 23.3 Å². The van der Waals surface area contributed by atoms with Gasteiger partial charge in [0.2, 0.25) is 5.91 Å². The van der Waals surface area contributed by atoms with Crippen molar-refractivity contribution in [3.8, 4) is 11.3 Å². The van der Waals surface area contributed by atoms with Gasteiger partial charge in [-0.1, -0.05) is 6.07 Å². The molecule has 0 aliphatic heterocycles. The molecule has 3 aromatic carbocycles. The smallest absolute Gasteiger partial charge is 0.355 e. The number of aromatic nitrogens is 1. The van der Waals surface area contributed by atoms with Crippen molar-refractivity contribution in [2.45, 2.75) is 32.6 Å². The number of pyridine rings is 1. The van der Waals surface area contributed by atoms with E-state index in [4.69, 9.17) is 0 Å². The molecule has 1 atom stereocenters. The maximum absolute atomic E-state index is 14.0. The SMILES string of the molecule is CNC(=O)c1ccc(C)c(-c2ccc(NC(=O)C(C)NC)c(=O)n2Cc2cc(C(=O)c3ccc(F)cc3)cc(C(F)(F)F)c2)c1. The van der Waals surface area contributed by atoms with Crippen LogP contribution in [0.3, 0.4) is 0 Å². The van der Waals surface area contributed by atoms with Crippen molar-refractivity contribution in [1.82, 2.24) is 15.2 Å². The molecule has 0 aliphatic carbocycles. The lowest BCUT2D eigenvalue weighted by atomic mass is 9.97. The third-order valence-electron chi connectivity index (χ3n) is 7.29. The second kappa shape index (κ2) is 13.3. The normalized spacial score (nSPS) is 12.0. The molecule has 0 saturated carbocycles. The van der Waals surface area contributed by atoms with E-state index < -0.39 is 53.3 Å². The quantitative estimate of drug-likeness (QED) is 0.176. The molecule has 4 aromatic rings. The molecule has 0 radical (unpaired) electrons. The van der Waals surface area contributed by atoms with Crippen molar-refractivity contribution in [2.75, 3.05) is 19.4 Å². The molecule has 1 unspecified atom stereocenters. The molecule has 1 aromatic heterocycles. The number of ketones is 1. The number of halogens is 4. The van der Waals surface area contributed by atoms with Crippen molar-refractivity contribution in [3.05, 3.63) is 122 Å². The zero-order chi connectivity index (χ0) is 33.1. The van der Waals surface area contributed by atoms with Gasteiger partial charge in [0.1, 0.15) is 11.5 Å². The summed E-state index contributed by atoms with van der Waals surface area (Å²) in [5, 5.41) is 7.83. The van der Waals surface area contributed by atoms with Crippen LogP contribution >= 0.6 is 0 Å². The first-order chi connectivity index (χ1) is 21.2. The van der Waals surface area contributed by atoms with Gasteiger partial charge in [-0.2, -0.15) is 13.2 Å². The van der Waals surface area contributed by atoms with Crippen LogP contribution in [0.5, 0.6) is 0 Å². The van der Waals surface area contributed by atoms with Gasteiger partial charge in [-0.05, 0) is 98.8 Å². The highest BCUT2D eigenvalue weighted by molar-refractivity contribution is 6.09. The third-order valence-corrected chi connectivity index (χ3v) is 7.29. The molecular weight excluding hydrogens is 592 g/mol. The fourth-order valence-electron chi connectivity index (χ4n) is 4.65. The first-order valence-electron chi connectivity index (χ1n) is 13.8. The van der Waals surface area contributed by atoms with Crippen LogP contribution in [0.2, 0.25) is 0 Å². The number of hydrogen-bond acceptors (Lipinski definition) is 5. The van der Waals surface area contributed by atoms with Crippen LogP contribution < -0.4 is 21.5 Å². The Balaban J connectivity index is 1.92. The number of carbonyl (C=O) groups excluding carboxylic acids is 3. The highest BCUT2D eigenvalue weighted by Gasteiger charge is 2.32. The molecular formula is C33H30F4N4O4. The zero-order valence-electron chi connectivity index (χ0n) is 24.8. The lowest BCUT2D eigenvalue weighted by Gasteiger charge is -2.19. The number of benzene rings is 3. The Kier molecular flexibility index (Phi) is 9.67. The molecule has 3 N–H and O–H groups in total. The number of anilines is 1. The molecule has 0 saturated heterocycles. The summed E-state index contributed by atoms with van der Waals surface area (Å²) in [5.41, 5.74) is -0.697. The van der Waals surface area contributed by atoms with E-state index in [9.17, 15) is 36.7 Å². The largest absolute Gasteiger partial charge is 0.416 e. The molecule has 0 bridgehead atoms. The average Bonchev–Trinajstić information content (AvgIpc) is 3.02. The number of hydrogen-bond donors (Lipinski definition) is 3. The summed E-state index contributed by atoms with van der Waals surface area (Å²) in [5.74, 6) is -2.30. The lowest BCUT2D eigenvalue weighted by molar-refractivity contribution is -0.137.